The lowest BCUT2D eigenvalue weighted by molar-refractivity contribution is -0.156. The maximum Gasteiger partial charge on any atom is 0.320 e. The van der Waals surface area contributed by atoms with Gasteiger partial charge in [-0.05, 0) is 26.8 Å². The molecule has 3 N–H and O–H groups in total. The lowest BCUT2D eigenvalue weighted by Gasteiger charge is -2.35. The molecule has 0 bridgehead atoms. The highest BCUT2D eigenvalue weighted by molar-refractivity contribution is 6.32. The topological polar surface area (TPSA) is 102 Å². The molecule has 1 aliphatic heterocycles. The van der Waals surface area contributed by atoms with Crippen LogP contribution in [-0.4, -0.2) is 69.6 Å². The van der Waals surface area contributed by atoms with Gasteiger partial charge in [0.05, 0.1) is 17.3 Å². The fourth-order valence-electron chi connectivity index (χ4n) is 3.17. The molecule has 1 aromatic carbocycles. The van der Waals surface area contributed by atoms with Gasteiger partial charge in [0.1, 0.15) is 22.8 Å². The van der Waals surface area contributed by atoms with Gasteiger partial charge in [0, 0.05) is 44.0 Å². The molecule has 1 saturated heterocycles. The van der Waals surface area contributed by atoms with Crippen molar-refractivity contribution in [1.82, 2.24) is 15.1 Å². The van der Waals surface area contributed by atoms with Crippen LogP contribution in [0.25, 0.3) is 11.3 Å². The molecule has 0 aliphatic carbocycles. The highest BCUT2D eigenvalue weighted by Crippen LogP contribution is 2.40. The first-order valence-electron chi connectivity index (χ1n) is 9.09. The third-order valence-corrected chi connectivity index (χ3v) is 4.73. The normalized spacial score (nSPS) is 15.6. The van der Waals surface area contributed by atoms with Crippen LogP contribution in [0, 0.1) is 0 Å². The quantitative estimate of drug-likeness (QED) is 0.668. The number of nitrogens with zero attached hydrogens (tertiary/aromatic N) is 3. The molecule has 0 atom stereocenters. The summed E-state index contributed by atoms with van der Waals surface area (Å²) in [6.07, 6.45) is 1.76. The predicted octanol–water partition coefficient (Wildman–Crippen LogP) is 2.60. The average Bonchev–Trinajstić information content (AvgIpc) is 3.06. The molecule has 1 aliphatic rings. The summed E-state index contributed by atoms with van der Waals surface area (Å²) in [6, 6.07) is 2.69. The van der Waals surface area contributed by atoms with Gasteiger partial charge in [-0.2, -0.15) is 5.10 Å². The predicted molar refractivity (Wildman–Crippen MR) is 107 cm³/mol. The summed E-state index contributed by atoms with van der Waals surface area (Å²) in [5, 5.41) is 27.0. The Balaban J connectivity index is 1.68. The highest BCUT2D eigenvalue weighted by Gasteiger charge is 2.25. The minimum absolute atomic E-state index is 0.0983. The number of phenols is 2. The Kier molecular flexibility index (Phi) is 5.71. The fourth-order valence-corrected chi connectivity index (χ4v) is 3.33. The molecule has 8 nitrogen and oxygen atoms in total. The molecule has 2 heterocycles. The van der Waals surface area contributed by atoms with Crippen molar-refractivity contribution < 1.29 is 19.7 Å². The number of esters is 1. The zero-order valence-corrected chi connectivity index (χ0v) is 17.0. The van der Waals surface area contributed by atoms with Gasteiger partial charge < -0.3 is 19.8 Å². The number of hydrogen-bond acceptors (Lipinski definition) is 7. The van der Waals surface area contributed by atoms with Crippen molar-refractivity contribution in [1.29, 1.82) is 0 Å². The molecule has 2 aromatic rings. The molecule has 1 fully saturated rings. The van der Waals surface area contributed by atoms with Crippen LogP contribution < -0.4 is 4.90 Å². The van der Waals surface area contributed by atoms with Crippen LogP contribution in [0.5, 0.6) is 11.5 Å². The second kappa shape index (κ2) is 7.89. The van der Waals surface area contributed by atoms with Crippen molar-refractivity contribution in [2.24, 2.45) is 0 Å². The van der Waals surface area contributed by atoms with Gasteiger partial charge in [-0.15, -0.1) is 0 Å². The van der Waals surface area contributed by atoms with Gasteiger partial charge in [0.15, 0.2) is 0 Å². The maximum atomic E-state index is 12.0. The molecule has 3 rings (SSSR count). The smallest absolute Gasteiger partial charge is 0.320 e. The molecule has 28 heavy (non-hydrogen) atoms. The van der Waals surface area contributed by atoms with Crippen LogP contribution in [0.4, 0.5) is 5.69 Å². The number of aromatic nitrogens is 2. The van der Waals surface area contributed by atoms with Crippen molar-refractivity contribution in [2.45, 2.75) is 26.4 Å². The fraction of sp³-hybridized carbons (Fsp3) is 0.474. The number of aromatic amines is 1. The number of ether oxygens (including phenoxy) is 1. The average molecular weight is 409 g/mol. The number of H-pyrrole nitrogens is 1. The first kappa shape index (κ1) is 20.3. The third-order valence-electron chi connectivity index (χ3n) is 4.43. The number of carbonyl (C=O) groups is 1. The van der Waals surface area contributed by atoms with Crippen molar-refractivity contribution in [3.63, 3.8) is 0 Å². The zero-order valence-electron chi connectivity index (χ0n) is 16.2. The molecule has 0 unspecified atom stereocenters. The largest absolute Gasteiger partial charge is 0.507 e. The zero-order chi connectivity index (χ0) is 20.5. The van der Waals surface area contributed by atoms with Crippen molar-refractivity contribution in [3.8, 4) is 22.8 Å². The highest BCUT2D eigenvalue weighted by atomic mass is 35.5. The Bertz CT molecular complexity index is 854. The van der Waals surface area contributed by atoms with Gasteiger partial charge >= 0.3 is 5.97 Å². The first-order valence-corrected chi connectivity index (χ1v) is 9.46. The summed E-state index contributed by atoms with van der Waals surface area (Å²) >= 11 is 5.99. The number of aromatic hydroxyl groups is 2. The molecule has 0 amide bonds. The summed E-state index contributed by atoms with van der Waals surface area (Å²) in [5.41, 5.74) is 1.34. The molecular formula is C19H25ClN4O4. The van der Waals surface area contributed by atoms with Gasteiger partial charge in [-0.3, -0.25) is 14.8 Å². The van der Waals surface area contributed by atoms with E-state index in [4.69, 9.17) is 16.3 Å². The summed E-state index contributed by atoms with van der Waals surface area (Å²) in [4.78, 5) is 16.2. The second-order valence-electron chi connectivity index (χ2n) is 7.79. The van der Waals surface area contributed by atoms with Crippen LogP contribution in [0.3, 0.4) is 0 Å². The van der Waals surface area contributed by atoms with Gasteiger partial charge in [-0.1, -0.05) is 11.6 Å². The molecule has 0 saturated carbocycles. The van der Waals surface area contributed by atoms with Gasteiger partial charge in [-0.25, -0.2) is 0 Å². The van der Waals surface area contributed by atoms with Crippen LogP contribution in [0.15, 0.2) is 18.3 Å². The number of benzene rings is 1. The van der Waals surface area contributed by atoms with Crippen molar-refractivity contribution in [3.05, 3.63) is 23.4 Å². The van der Waals surface area contributed by atoms with Crippen LogP contribution in [-0.2, 0) is 9.53 Å². The van der Waals surface area contributed by atoms with E-state index in [-0.39, 0.29) is 29.0 Å². The number of hydrogen-bond donors (Lipinski definition) is 3. The molecule has 0 radical (unpaired) electrons. The van der Waals surface area contributed by atoms with E-state index < -0.39 is 5.60 Å². The summed E-state index contributed by atoms with van der Waals surface area (Å²) < 4.78 is 5.38. The number of piperazine rings is 1. The maximum absolute atomic E-state index is 12.0. The lowest BCUT2D eigenvalue weighted by atomic mass is 10.1. The Morgan fingerprint density at radius 3 is 2.54 bits per heavy atom. The van der Waals surface area contributed by atoms with Crippen LogP contribution in [0.2, 0.25) is 5.02 Å². The number of rotatable bonds is 4. The first-order chi connectivity index (χ1) is 13.1. The minimum Gasteiger partial charge on any atom is -0.507 e. The summed E-state index contributed by atoms with van der Waals surface area (Å²) in [6.45, 7) is 8.62. The number of anilines is 1. The van der Waals surface area contributed by atoms with E-state index in [1.165, 1.54) is 12.1 Å². The lowest BCUT2D eigenvalue weighted by Crippen LogP contribution is -2.48. The van der Waals surface area contributed by atoms with E-state index in [0.717, 1.165) is 5.69 Å². The number of nitrogens with one attached hydrogen (secondary N) is 1. The number of carbonyl (C=O) groups excluding carboxylic acids is 1. The van der Waals surface area contributed by atoms with Crippen molar-refractivity contribution in [2.75, 3.05) is 37.6 Å². The molecular weight excluding hydrogens is 384 g/mol. The number of phenolic OH excluding ortho intramolecular Hbond substituents is 2. The summed E-state index contributed by atoms with van der Waals surface area (Å²) in [7, 11) is 0. The minimum atomic E-state index is -0.488. The Labute approximate surface area is 168 Å². The molecule has 1 aromatic heterocycles. The standard InChI is InChI=1S/C19H25ClN4O4/c1-19(2,3)28-17(27)11-23-4-6-24(7-5-23)14-10-21-22-18(14)12-8-13(20)16(26)9-15(12)25/h8-10,25-26H,4-7,11H2,1-3H3,(H,21,22). The van der Waals surface area contributed by atoms with Crippen LogP contribution in [0.1, 0.15) is 20.8 Å². The summed E-state index contributed by atoms with van der Waals surface area (Å²) in [5.74, 6) is -0.511. The SMILES string of the molecule is CC(C)(C)OC(=O)CN1CCN(c2c[nH]nc2-c2cc(Cl)c(O)cc2O)CC1. The van der Waals surface area contributed by atoms with E-state index in [0.29, 0.717) is 37.4 Å². The van der Waals surface area contributed by atoms with Crippen LogP contribution >= 0.6 is 11.6 Å². The Hall–Kier alpha value is -2.45. The molecule has 0 spiro atoms. The Morgan fingerprint density at radius 1 is 1.21 bits per heavy atom. The monoisotopic (exact) mass is 408 g/mol. The van der Waals surface area contributed by atoms with E-state index in [9.17, 15) is 15.0 Å². The Morgan fingerprint density at radius 2 is 1.89 bits per heavy atom. The van der Waals surface area contributed by atoms with Crippen molar-refractivity contribution >= 4 is 23.3 Å². The number of halogens is 1. The van der Waals surface area contributed by atoms with E-state index in [2.05, 4.69) is 20.0 Å². The van der Waals surface area contributed by atoms with Gasteiger partial charge in [0.2, 0.25) is 0 Å². The second-order valence-corrected chi connectivity index (χ2v) is 8.20. The molecule has 152 valence electrons. The van der Waals surface area contributed by atoms with E-state index in [1.807, 2.05) is 20.8 Å². The van der Waals surface area contributed by atoms with Gasteiger partial charge in [0.25, 0.3) is 0 Å². The third kappa shape index (κ3) is 4.69. The van der Waals surface area contributed by atoms with E-state index in [1.54, 1.807) is 6.20 Å². The van der Waals surface area contributed by atoms with E-state index >= 15 is 0 Å². The molecule has 9 heteroatoms.